The van der Waals surface area contributed by atoms with E-state index in [2.05, 4.69) is 31.8 Å². The van der Waals surface area contributed by atoms with Gasteiger partial charge in [-0.3, -0.25) is 0 Å². The van der Waals surface area contributed by atoms with E-state index in [1.807, 2.05) is 6.92 Å². The largest absolute Gasteiger partial charge is 0.478 e. The highest BCUT2D eigenvalue weighted by molar-refractivity contribution is 7.99. The second-order valence-electron chi connectivity index (χ2n) is 1.17. The van der Waals surface area contributed by atoms with Crippen molar-refractivity contribution in [2.45, 2.75) is 11.5 Å². The van der Waals surface area contributed by atoms with Crippen LogP contribution in [0.25, 0.3) is 0 Å². The molecular weight excluding hydrogens is 156 g/mol. The summed E-state index contributed by atoms with van der Waals surface area (Å²) in [5, 5.41) is 7.60. The van der Waals surface area contributed by atoms with Gasteiger partial charge < -0.3 is 5.11 Å². The maximum absolute atomic E-state index is 9.25. The van der Waals surface area contributed by atoms with Gasteiger partial charge >= 0.3 is 5.97 Å². The van der Waals surface area contributed by atoms with Gasteiger partial charge in [0, 0.05) is 10.7 Å². The third-order valence-corrected chi connectivity index (χ3v) is 0.175. The van der Waals surface area contributed by atoms with Crippen LogP contribution in [0.5, 0.6) is 0 Å². The molecule has 0 amide bonds. The van der Waals surface area contributed by atoms with Crippen molar-refractivity contribution in [1.29, 1.82) is 0 Å². The van der Waals surface area contributed by atoms with Crippen molar-refractivity contribution in [3.8, 4) is 0 Å². The van der Waals surface area contributed by atoms with Crippen LogP contribution in [-0.2, 0) is 4.79 Å². The van der Waals surface area contributed by atoms with E-state index in [1.165, 1.54) is 0 Å². The summed E-state index contributed by atoms with van der Waals surface area (Å²) in [7, 11) is 0. The highest BCUT2D eigenvalue weighted by Crippen LogP contribution is 1.93. The Bertz CT molecular complexity index is 88.2. The minimum absolute atomic E-state index is 0.222. The zero-order valence-corrected chi connectivity index (χ0v) is 6.90. The Morgan fingerprint density at radius 1 is 1.78 bits per heavy atom. The van der Waals surface area contributed by atoms with Crippen molar-refractivity contribution in [3.05, 3.63) is 12.7 Å². The molecule has 2 nitrogen and oxygen atoms in total. The number of hydrogen-bond acceptors (Lipinski definition) is 3. The van der Waals surface area contributed by atoms with Crippen molar-refractivity contribution in [2.24, 2.45) is 0 Å². The Morgan fingerprint density at radius 2 is 1.89 bits per heavy atom. The predicted molar refractivity (Wildman–Crippen MR) is 45.3 cm³/mol. The van der Waals surface area contributed by atoms with Crippen LogP contribution in [0.3, 0.4) is 0 Å². The Labute approximate surface area is 65.8 Å². The van der Waals surface area contributed by atoms with Crippen LogP contribution in [0.15, 0.2) is 12.7 Å². The van der Waals surface area contributed by atoms with Gasteiger partial charge in [0.15, 0.2) is 0 Å². The van der Waals surface area contributed by atoms with E-state index in [4.69, 9.17) is 5.11 Å². The molecule has 9 heavy (non-hydrogen) atoms. The smallest absolute Gasteiger partial charge is 0.327 e. The van der Waals surface area contributed by atoms with E-state index in [1.54, 1.807) is 0 Å². The first-order valence-electron chi connectivity index (χ1n) is 2.22. The topological polar surface area (TPSA) is 37.3 Å². The third-order valence-electron chi connectivity index (χ3n) is 0.175. The molecule has 0 bridgehead atoms. The molecule has 0 aromatic carbocycles. The van der Waals surface area contributed by atoms with E-state index in [0.717, 1.165) is 6.08 Å². The fourth-order valence-electron chi connectivity index (χ4n) is 0. The lowest BCUT2D eigenvalue weighted by Crippen LogP contribution is -1.82. The molecule has 0 saturated heterocycles. The lowest BCUT2D eigenvalue weighted by atomic mass is 10.7. The Kier molecular flexibility index (Phi) is 10.3. The monoisotopic (exact) mass is 166 g/mol. The van der Waals surface area contributed by atoms with Gasteiger partial charge in [-0.25, -0.2) is 4.79 Å². The number of rotatable bonds is 1. The molecular formula is C5H10O2S2. The van der Waals surface area contributed by atoms with Crippen LogP contribution in [0.2, 0.25) is 0 Å². The molecule has 54 valence electrons. The molecule has 0 rings (SSSR count). The van der Waals surface area contributed by atoms with Crippen molar-refractivity contribution in [3.63, 3.8) is 0 Å². The first-order chi connectivity index (χ1) is 4.00. The second kappa shape index (κ2) is 7.91. The minimum atomic E-state index is -0.981. The summed E-state index contributed by atoms with van der Waals surface area (Å²) < 4.78 is 0.222. The molecule has 0 atom stereocenters. The summed E-state index contributed by atoms with van der Waals surface area (Å²) in [5.41, 5.74) is 0. The van der Waals surface area contributed by atoms with Gasteiger partial charge in [-0.2, -0.15) is 25.3 Å². The molecule has 0 radical (unpaired) electrons. The standard InChI is InChI=1S/C3H4O2.C2H6S2/c1-2-3(4)5;1-2(3)4/h2H,1H2,(H,4,5);2-4H,1H3. The van der Waals surface area contributed by atoms with Crippen LogP contribution < -0.4 is 0 Å². The van der Waals surface area contributed by atoms with Gasteiger partial charge in [-0.15, -0.1) is 0 Å². The maximum Gasteiger partial charge on any atom is 0.327 e. The van der Waals surface area contributed by atoms with Gasteiger partial charge in [-0.1, -0.05) is 6.58 Å². The van der Waals surface area contributed by atoms with E-state index >= 15 is 0 Å². The van der Waals surface area contributed by atoms with Crippen molar-refractivity contribution < 1.29 is 9.90 Å². The molecule has 0 aromatic heterocycles. The van der Waals surface area contributed by atoms with Crippen LogP contribution in [0.1, 0.15) is 6.92 Å². The first kappa shape index (κ1) is 11.7. The summed E-state index contributed by atoms with van der Waals surface area (Å²) in [6.45, 7) is 4.86. The average Bonchev–Trinajstić information content (AvgIpc) is 1.65. The Hall–Kier alpha value is -0.0900. The number of hydrogen-bond donors (Lipinski definition) is 3. The highest BCUT2D eigenvalue weighted by atomic mass is 32.2. The Balaban J connectivity index is 0. The lowest BCUT2D eigenvalue weighted by Gasteiger charge is -1.78. The van der Waals surface area contributed by atoms with Gasteiger partial charge in [0.25, 0.3) is 0 Å². The average molecular weight is 166 g/mol. The number of carboxylic acids is 1. The minimum Gasteiger partial charge on any atom is -0.478 e. The molecule has 0 aliphatic rings. The van der Waals surface area contributed by atoms with E-state index in [0.29, 0.717) is 0 Å². The zero-order valence-electron chi connectivity index (χ0n) is 5.11. The van der Waals surface area contributed by atoms with Crippen molar-refractivity contribution in [2.75, 3.05) is 0 Å². The van der Waals surface area contributed by atoms with Crippen LogP contribution in [0.4, 0.5) is 0 Å². The molecule has 0 aromatic rings. The SMILES string of the molecule is C=CC(=O)O.CC(S)S. The van der Waals surface area contributed by atoms with Gasteiger partial charge in [0.05, 0.1) is 0 Å². The zero-order chi connectivity index (χ0) is 7.86. The number of carbonyl (C=O) groups is 1. The lowest BCUT2D eigenvalue weighted by molar-refractivity contribution is -0.131. The number of thiol groups is 2. The maximum atomic E-state index is 9.25. The summed E-state index contributed by atoms with van der Waals surface area (Å²) in [6.07, 6.45) is 0.833. The highest BCUT2D eigenvalue weighted by Gasteiger charge is 1.73. The second-order valence-corrected chi connectivity index (χ2v) is 3.13. The molecule has 1 N–H and O–H groups in total. The van der Waals surface area contributed by atoms with Crippen molar-refractivity contribution in [1.82, 2.24) is 0 Å². The summed E-state index contributed by atoms with van der Waals surface area (Å²) >= 11 is 7.66. The van der Waals surface area contributed by atoms with Gasteiger partial charge in [0.1, 0.15) is 0 Å². The molecule has 0 heterocycles. The summed E-state index contributed by atoms with van der Waals surface area (Å²) in [6, 6.07) is 0. The van der Waals surface area contributed by atoms with Gasteiger partial charge in [0.2, 0.25) is 0 Å². The fourth-order valence-corrected chi connectivity index (χ4v) is 0. The van der Waals surface area contributed by atoms with E-state index < -0.39 is 5.97 Å². The number of carboxylic acid groups (broad SMARTS) is 1. The molecule has 0 aliphatic heterocycles. The predicted octanol–water partition coefficient (Wildman–Crippen LogP) is 1.45. The molecule has 4 heteroatoms. The van der Waals surface area contributed by atoms with E-state index in [9.17, 15) is 4.79 Å². The Morgan fingerprint density at radius 3 is 1.89 bits per heavy atom. The molecule has 0 spiro atoms. The van der Waals surface area contributed by atoms with E-state index in [-0.39, 0.29) is 4.58 Å². The quantitative estimate of drug-likeness (QED) is 0.313. The summed E-state index contributed by atoms with van der Waals surface area (Å²) in [4.78, 5) is 9.25. The fraction of sp³-hybridized carbons (Fsp3) is 0.400. The van der Waals surface area contributed by atoms with Crippen LogP contribution >= 0.6 is 25.3 Å². The first-order valence-corrected chi connectivity index (χ1v) is 3.25. The number of aliphatic carboxylic acids is 1. The van der Waals surface area contributed by atoms with Gasteiger partial charge in [-0.05, 0) is 6.92 Å². The van der Waals surface area contributed by atoms with Crippen LogP contribution in [0, 0.1) is 0 Å². The normalized spacial score (nSPS) is 7.56. The summed E-state index contributed by atoms with van der Waals surface area (Å²) in [5.74, 6) is -0.981. The molecule has 0 aliphatic carbocycles. The molecule has 0 unspecified atom stereocenters. The third kappa shape index (κ3) is 75.7. The molecule has 0 fully saturated rings. The molecule has 0 saturated carbocycles. The van der Waals surface area contributed by atoms with Crippen molar-refractivity contribution >= 4 is 31.2 Å². The van der Waals surface area contributed by atoms with Crippen LogP contribution in [-0.4, -0.2) is 15.7 Å².